The standard InChI is InChI=1S/C15H16ClNO3S/c1-11-5-6-14(16)8-15(11)21(19,20)17-9-12-3-2-4-13(7-12)10-18/h2-8,17-18H,9-10H2,1H3. The summed E-state index contributed by atoms with van der Waals surface area (Å²) in [6, 6.07) is 11.9. The van der Waals surface area contributed by atoms with Crippen LogP contribution in [0, 0.1) is 6.92 Å². The third kappa shape index (κ3) is 4.04. The number of hydrogen-bond donors (Lipinski definition) is 2. The van der Waals surface area contributed by atoms with Gasteiger partial charge in [0.25, 0.3) is 0 Å². The van der Waals surface area contributed by atoms with Crippen molar-refractivity contribution in [3.63, 3.8) is 0 Å². The molecule has 0 saturated carbocycles. The van der Waals surface area contributed by atoms with Crippen molar-refractivity contribution in [3.05, 3.63) is 64.2 Å². The van der Waals surface area contributed by atoms with E-state index in [1.54, 1.807) is 43.3 Å². The van der Waals surface area contributed by atoms with Crippen molar-refractivity contribution in [2.75, 3.05) is 0 Å². The Morgan fingerprint density at radius 1 is 1.14 bits per heavy atom. The van der Waals surface area contributed by atoms with Gasteiger partial charge >= 0.3 is 0 Å². The second kappa shape index (κ2) is 6.58. The molecule has 4 nitrogen and oxygen atoms in total. The van der Waals surface area contributed by atoms with Crippen molar-refractivity contribution < 1.29 is 13.5 Å². The fourth-order valence-electron chi connectivity index (χ4n) is 1.96. The molecular formula is C15H16ClNO3S. The summed E-state index contributed by atoms with van der Waals surface area (Å²) in [6.07, 6.45) is 0. The summed E-state index contributed by atoms with van der Waals surface area (Å²) in [5.41, 5.74) is 2.16. The number of benzene rings is 2. The zero-order valence-electron chi connectivity index (χ0n) is 11.5. The highest BCUT2D eigenvalue weighted by Gasteiger charge is 2.16. The van der Waals surface area contributed by atoms with Gasteiger partial charge < -0.3 is 5.11 Å². The van der Waals surface area contributed by atoms with E-state index in [0.717, 1.165) is 11.1 Å². The summed E-state index contributed by atoms with van der Waals surface area (Å²) >= 11 is 5.86. The maximum Gasteiger partial charge on any atom is 0.241 e. The maximum atomic E-state index is 12.3. The average molecular weight is 326 g/mol. The van der Waals surface area contributed by atoms with Gasteiger partial charge in [-0.05, 0) is 35.7 Å². The van der Waals surface area contributed by atoms with E-state index in [0.29, 0.717) is 10.6 Å². The molecule has 112 valence electrons. The first-order valence-corrected chi connectivity index (χ1v) is 8.23. The number of rotatable bonds is 5. The summed E-state index contributed by atoms with van der Waals surface area (Å²) in [6.45, 7) is 1.80. The van der Waals surface area contributed by atoms with E-state index in [2.05, 4.69) is 4.72 Å². The van der Waals surface area contributed by atoms with Crippen LogP contribution < -0.4 is 4.72 Å². The highest BCUT2D eigenvalue weighted by Crippen LogP contribution is 2.20. The van der Waals surface area contributed by atoms with Crippen molar-refractivity contribution in [3.8, 4) is 0 Å². The Morgan fingerprint density at radius 2 is 1.86 bits per heavy atom. The first kappa shape index (κ1) is 16.0. The van der Waals surface area contributed by atoms with E-state index in [-0.39, 0.29) is 18.0 Å². The fourth-order valence-corrected chi connectivity index (χ4v) is 3.48. The molecule has 0 aliphatic carbocycles. The summed E-state index contributed by atoms with van der Waals surface area (Å²) in [5, 5.41) is 9.46. The monoisotopic (exact) mass is 325 g/mol. The zero-order valence-corrected chi connectivity index (χ0v) is 13.1. The predicted molar refractivity (Wildman–Crippen MR) is 82.6 cm³/mol. The van der Waals surface area contributed by atoms with E-state index >= 15 is 0 Å². The van der Waals surface area contributed by atoms with Gasteiger partial charge in [0.1, 0.15) is 0 Å². The molecular weight excluding hydrogens is 310 g/mol. The number of halogens is 1. The highest BCUT2D eigenvalue weighted by atomic mass is 35.5. The summed E-state index contributed by atoms with van der Waals surface area (Å²) in [5.74, 6) is 0. The van der Waals surface area contributed by atoms with Crippen molar-refractivity contribution in [1.29, 1.82) is 0 Å². The Kier molecular flexibility index (Phi) is 5.00. The minimum absolute atomic E-state index is 0.0754. The topological polar surface area (TPSA) is 66.4 Å². The van der Waals surface area contributed by atoms with Gasteiger partial charge in [-0.2, -0.15) is 0 Å². The molecule has 0 aliphatic rings. The number of aliphatic hydroxyl groups is 1. The Labute approximate surface area is 129 Å². The summed E-state index contributed by atoms with van der Waals surface area (Å²) < 4.78 is 27.2. The van der Waals surface area contributed by atoms with E-state index in [1.165, 1.54) is 6.07 Å². The van der Waals surface area contributed by atoms with Crippen LogP contribution in [0.1, 0.15) is 16.7 Å². The number of nitrogens with one attached hydrogen (secondary N) is 1. The molecule has 0 heterocycles. The molecule has 0 aliphatic heterocycles. The van der Waals surface area contributed by atoms with Crippen molar-refractivity contribution in [1.82, 2.24) is 4.72 Å². The molecule has 0 amide bonds. The lowest BCUT2D eigenvalue weighted by atomic mass is 10.1. The van der Waals surface area contributed by atoms with Crippen LogP contribution in [0.2, 0.25) is 5.02 Å². The van der Waals surface area contributed by atoms with Crippen molar-refractivity contribution in [2.24, 2.45) is 0 Å². The smallest absolute Gasteiger partial charge is 0.241 e. The van der Waals surface area contributed by atoms with Gasteiger partial charge in [-0.15, -0.1) is 0 Å². The molecule has 0 spiro atoms. The summed E-state index contributed by atoms with van der Waals surface area (Å²) in [7, 11) is -3.63. The van der Waals surface area contributed by atoms with Crippen LogP contribution in [0.5, 0.6) is 0 Å². The molecule has 2 rings (SSSR count). The lowest BCUT2D eigenvalue weighted by molar-refractivity contribution is 0.281. The van der Waals surface area contributed by atoms with Crippen LogP contribution >= 0.6 is 11.6 Å². The lowest BCUT2D eigenvalue weighted by Crippen LogP contribution is -2.24. The molecule has 0 fully saturated rings. The fraction of sp³-hybridized carbons (Fsp3) is 0.200. The van der Waals surface area contributed by atoms with Gasteiger partial charge in [0.2, 0.25) is 10.0 Å². The number of aryl methyl sites for hydroxylation is 1. The van der Waals surface area contributed by atoms with Gasteiger partial charge in [-0.1, -0.05) is 41.9 Å². The molecule has 0 saturated heterocycles. The highest BCUT2D eigenvalue weighted by molar-refractivity contribution is 7.89. The quantitative estimate of drug-likeness (QED) is 0.888. The molecule has 0 bridgehead atoms. The molecule has 2 aromatic rings. The molecule has 2 aromatic carbocycles. The number of aliphatic hydroxyl groups excluding tert-OH is 1. The van der Waals surface area contributed by atoms with Crippen LogP contribution in [0.25, 0.3) is 0 Å². The average Bonchev–Trinajstić information content (AvgIpc) is 2.48. The minimum Gasteiger partial charge on any atom is -0.392 e. The third-order valence-electron chi connectivity index (χ3n) is 3.08. The molecule has 0 aromatic heterocycles. The largest absolute Gasteiger partial charge is 0.392 e. The zero-order chi connectivity index (χ0) is 15.5. The normalized spacial score (nSPS) is 11.6. The van der Waals surface area contributed by atoms with E-state index in [1.807, 2.05) is 0 Å². The van der Waals surface area contributed by atoms with Gasteiger partial charge in [-0.25, -0.2) is 13.1 Å². The van der Waals surface area contributed by atoms with Gasteiger partial charge in [0.05, 0.1) is 11.5 Å². The Balaban J connectivity index is 2.19. The van der Waals surface area contributed by atoms with Gasteiger partial charge in [0.15, 0.2) is 0 Å². The van der Waals surface area contributed by atoms with Gasteiger partial charge in [-0.3, -0.25) is 0 Å². The predicted octanol–water partition coefficient (Wildman–Crippen LogP) is 2.62. The van der Waals surface area contributed by atoms with Crippen LogP contribution in [0.4, 0.5) is 0 Å². The number of hydrogen-bond acceptors (Lipinski definition) is 3. The van der Waals surface area contributed by atoms with E-state index in [4.69, 9.17) is 16.7 Å². The first-order valence-electron chi connectivity index (χ1n) is 6.37. The molecule has 0 atom stereocenters. The molecule has 0 radical (unpaired) electrons. The lowest BCUT2D eigenvalue weighted by Gasteiger charge is -2.10. The maximum absolute atomic E-state index is 12.3. The second-order valence-corrected chi connectivity index (χ2v) is 6.88. The Hall–Kier alpha value is -1.40. The third-order valence-corrected chi connectivity index (χ3v) is 4.86. The van der Waals surface area contributed by atoms with Crippen LogP contribution in [-0.2, 0) is 23.2 Å². The van der Waals surface area contributed by atoms with Gasteiger partial charge in [0, 0.05) is 11.6 Å². The first-order chi connectivity index (χ1) is 9.92. The van der Waals surface area contributed by atoms with Crippen molar-refractivity contribution in [2.45, 2.75) is 25.0 Å². The minimum atomic E-state index is -3.63. The van der Waals surface area contributed by atoms with E-state index < -0.39 is 10.0 Å². The van der Waals surface area contributed by atoms with Crippen LogP contribution in [0.3, 0.4) is 0 Å². The molecule has 6 heteroatoms. The molecule has 2 N–H and O–H groups in total. The molecule has 0 unspecified atom stereocenters. The Bertz CT molecular complexity index is 744. The van der Waals surface area contributed by atoms with Crippen molar-refractivity contribution >= 4 is 21.6 Å². The van der Waals surface area contributed by atoms with E-state index in [9.17, 15) is 8.42 Å². The second-order valence-electron chi connectivity index (χ2n) is 4.71. The summed E-state index contributed by atoms with van der Waals surface area (Å²) in [4.78, 5) is 0.174. The van der Waals surface area contributed by atoms with Crippen LogP contribution in [0.15, 0.2) is 47.4 Å². The number of sulfonamides is 1. The molecule has 21 heavy (non-hydrogen) atoms. The SMILES string of the molecule is Cc1ccc(Cl)cc1S(=O)(=O)NCc1cccc(CO)c1. The van der Waals surface area contributed by atoms with Crippen LogP contribution in [-0.4, -0.2) is 13.5 Å². The Morgan fingerprint density at radius 3 is 2.57 bits per heavy atom.